The summed E-state index contributed by atoms with van der Waals surface area (Å²) in [5.41, 5.74) is 2.89. The van der Waals surface area contributed by atoms with E-state index in [9.17, 15) is 8.42 Å². The van der Waals surface area contributed by atoms with Crippen LogP contribution in [0.4, 0.5) is 17.5 Å². The van der Waals surface area contributed by atoms with Gasteiger partial charge >= 0.3 is 0 Å². The van der Waals surface area contributed by atoms with Gasteiger partial charge in [0.2, 0.25) is 16.0 Å². The number of methoxy groups -OCH3 is 1. The number of hydrogen-bond donors (Lipinski definition) is 3. The Balaban J connectivity index is 1.59. The predicted octanol–water partition coefficient (Wildman–Crippen LogP) is 3.24. The molecule has 0 amide bonds. The first-order valence-corrected chi connectivity index (χ1v) is 10.9. The summed E-state index contributed by atoms with van der Waals surface area (Å²) < 4.78 is 32.7. The third kappa shape index (κ3) is 5.68. The summed E-state index contributed by atoms with van der Waals surface area (Å²) in [6.07, 6.45) is 0. The lowest BCUT2D eigenvalue weighted by molar-refractivity contribution is 0.402. The van der Waals surface area contributed by atoms with Gasteiger partial charge in [-0.2, -0.15) is 4.98 Å². The van der Waals surface area contributed by atoms with E-state index < -0.39 is 10.0 Å². The monoisotopic (exact) mass is 427 g/mol. The van der Waals surface area contributed by atoms with Gasteiger partial charge in [-0.15, -0.1) is 0 Å². The van der Waals surface area contributed by atoms with Crippen molar-refractivity contribution in [2.45, 2.75) is 18.7 Å². The molecule has 0 saturated heterocycles. The first kappa shape index (κ1) is 21.5. The fourth-order valence-electron chi connectivity index (χ4n) is 2.77. The molecule has 1 aromatic heterocycles. The summed E-state index contributed by atoms with van der Waals surface area (Å²) in [5.74, 6) is 1.37. The van der Waals surface area contributed by atoms with E-state index in [-0.39, 0.29) is 11.4 Å². The Kier molecular flexibility index (Phi) is 6.86. The minimum atomic E-state index is -3.69. The number of sulfonamides is 1. The van der Waals surface area contributed by atoms with Crippen molar-refractivity contribution in [3.63, 3.8) is 0 Å². The first-order chi connectivity index (χ1) is 14.4. The number of nitrogens with zero attached hydrogens (tertiary/aromatic N) is 2. The molecule has 3 rings (SSSR count). The zero-order valence-corrected chi connectivity index (χ0v) is 18.0. The Morgan fingerprint density at radius 2 is 1.70 bits per heavy atom. The number of hydrogen-bond acceptors (Lipinski definition) is 7. The van der Waals surface area contributed by atoms with E-state index in [0.717, 1.165) is 11.4 Å². The van der Waals surface area contributed by atoms with E-state index in [1.54, 1.807) is 18.2 Å². The highest BCUT2D eigenvalue weighted by Gasteiger charge is 2.18. The zero-order valence-electron chi connectivity index (χ0n) is 17.1. The summed E-state index contributed by atoms with van der Waals surface area (Å²) in [6.45, 7) is 4.39. The third-order valence-electron chi connectivity index (χ3n) is 4.24. The molecule has 0 spiro atoms. The molecule has 0 fully saturated rings. The van der Waals surface area contributed by atoms with E-state index in [0.29, 0.717) is 24.1 Å². The van der Waals surface area contributed by atoms with Crippen LogP contribution in [-0.4, -0.2) is 38.6 Å². The van der Waals surface area contributed by atoms with Gasteiger partial charge in [-0.05, 0) is 38.1 Å². The second-order valence-electron chi connectivity index (χ2n) is 6.68. The van der Waals surface area contributed by atoms with Crippen LogP contribution in [0.1, 0.15) is 11.3 Å². The zero-order chi connectivity index (χ0) is 21.6. The summed E-state index contributed by atoms with van der Waals surface area (Å²) >= 11 is 0. The van der Waals surface area contributed by atoms with Crippen molar-refractivity contribution in [2.75, 3.05) is 30.8 Å². The number of benzene rings is 2. The van der Waals surface area contributed by atoms with Crippen LogP contribution in [0.15, 0.2) is 59.5 Å². The molecule has 0 unspecified atom stereocenters. The van der Waals surface area contributed by atoms with Gasteiger partial charge < -0.3 is 15.4 Å². The lowest BCUT2D eigenvalue weighted by Crippen LogP contribution is -2.29. The minimum absolute atomic E-state index is 0.101. The van der Waals surface area contributed by atoms with Crippen LogP contribution in [0.2, 0.25) is 0 Å². The van der Waals surface area contributed by atoms with Gasteiger partial charge in [0.25, 0.3) is 0 Å². The molecule has 0 aliphatic rings. The van der Waals surface area contributed by atoms with Crippen LogP contribution in [0.25, 0.3) is 0 Å². The fourth-order valence-corrected chi connectivity index (χ4v) is 3.97. The molecule has 30 heavy (non-hydrogen) atoms. The summed E-state index contributed by atoms with van der Waals surface area (Å²) in [4.78, 5) is 8.89. The van der Waals surface area contributed by atoms with Gasteiger partial charge in [0, 0.05) is 30.5 Å². The van der Waals surface area contributed by atoms with Crippen molar-refractivity contribution in [2.24, 2.45) is 0 Å². The van der Waals surface area contributed by atoms with E-state index in [2.05, 4.69) is 25.3 Å². The SMILES string of the molecule is COc1ccccc1S(=O)(=O)NCCNc1nc(C)cc(Nc2ccc(C)cc2)n1. The van der Waals surface area contributed by atoms with E-state index in [1.165, 1.54) is 18.7 Å². The van der Waals surface area contributed by atoms with Crippen molar-refractivity contribution < 1.29 is 13.2 Å². The Morgan fingerprint density at radius 1 is 0.967 bits per heavy atom. The maximum Gasteiger partial charge on any atom is 0.244 e. The van der Waals surface area contributed by atoms with Gasteiger partial charge in [0.15, 0.2) is 0 Å². The largest absolute Gasteiger partial charge is 0.495 e. The van der Waals surface area contributed by atoms with E-state index in [4.69, 9.17) is 4.74 Å². The van der Waals surface area contributed by atoms with Crippen LogP contribution >= 0.6 is 0 Å². The molecule has 0 bridgehead atoms. The summed E-state index contributed by atoms with van der Waals surface area (Å²) in [7, 11) is -2.25. The van der Waals surface area contributed by atoms with Gasteiger partial charge in [0.1, 0.15) is 16.5 Å². The second-order valence-corrected chi connectivity index (χ2v) is 8.42. The quantitative estimate of drug-likeness (QED) is 0.450. The van der Waals surface area contributed by atoms with Crippen LogP contribution in [0, 0.1) is 13.8 Å². The van der Waals surface area contributed by atoms with Crippen molar-refractivity contribution in [1.29, 1.82) is 0 Å². The lowest BCUT2D eigenvalue weighted by Gasteiger charge is -2.12. The predicted molar refractivity (Wildman–Crippen MR) is 118 cm³/mol. The summed E-state index contributed by atoms with van der Waals surface area (Å²) in [6, 6.07) is 16.3. The molecule has 0 aliphatic heterocycles. The minimum Gasteiger partial charge on any atom is -0.495 e. The van der Waals surface area contributed by atoms with E-state index in [1.807, 2.05) is 44.2 Å². The smallest absolute Gasteiger partial charge is 0.244 e. The Hall–Kier alpha value is -3.17. The molecule has 1 heterocycles. The normalized spacial score (nSPS) is 11.2. The van der Waals surface area contributed by atoms with Crippen LogP contribution in [0.5, 0.6) is 5.75 Å². The van der Waals surface area contributed by atoms with Crippen molar-refractivity contribution in [3.05, 3.63) is 65.9 Å². The Morgan fingerprint density at radius 3 is 2.43 bits per heavy atom. The number of aromatic nitrogens is 2. The fraction of sp³-hybridized carbons (Fsp3) is 0.238. The van der Waals surface area contributed by atoms with E-state index >= 15 is 0 Å². The van der Waals surface area contributed by atoms with Crippen LogP contribution in [0.3, 0.4) is 0 Å². The van der Waals surface area contributed by atoms with Crippen LogP contribution in [-0.2, 0) is 10.0 Å². The van der Waals surface area contributed by atoms with Crippen LogP contribution < -0.4 is 20.1 Å². The highest BCUT2D eigenvalue weighted by Crippen LogP contribution is 2.22. The average Bonchev–Trinajstić information content (AvgIpc) is 2.72. The number of anilines is 3. The molecule has 3 N–H and O–H groups in total. The number of aryl methyl sites for hydroxylation is 2. The highest BCUT2D eigenvalue weighted by molar-refractivity contribution is 7.89. The van der Waals surface area contributed by atoms with Gasteiger partial charge in [-0.1, -0.05) is 29.8 Å². The number of ether oxygens (including phenoxy) is 1. The molecule has 0 atom stereocenters. The number of rotatable bonds is 9. The first-order valence-electron chi connectivity index (χ1n) is 9.43. The molecule has 0 saturated carbocycles. The molecule has 158 valence electrons. The van der Waals surface area contributed by atoms with Gasteiger partial charge in [-0.25, -0.2) is 18.1 Å². The number of para-hydroxylation sites is 1. The lowest BCUT2D eigenvalue weighted by atomic mass is 10.2. The summed E-state index contributed by atoms with van der Waals surface area (Å²) in [5, 5.41) is 6.30. The third-order valence-corrected chi connectivity index (χ3v) is 5.74. The Labute approximate surface area is 176 Å². The van der Waals surface area contributed by atoms with Gasteiger partial charge in [-0.3, -0.25) is 0 Å². The average molecular weight is 428 g/mol. The molecular formula is C21H25N5O3S. The Bertz CT molecular complexity index is 1100. The maximum atomic E-state index is 12.5. The van der Waals surface area contributed by atoms with Crippen molar-refractivity contribution in [3.8, 4) is 5.75 Å². The molecule has 9 heteroatoms. The van der Waals surface area contributed by atoms with Gasteiger partial charge in [0.05, 0.1) is 7.11 Å². The van der Waals surface area contributed by atoms with Crippen molar-refractivity contribution >= 4 is 27.5 Å². The highest BCUT2D eigenvalue weighted by atomic mass is 32.2. The maximum absolute atomic E-state index is 12.5. The number of nitrogens with one attached hydrogen (secondary N) is 3. The molecule has 8 nitrogen and oxygen atoms in total. The molecule has 2 aromatic carbocycles. The molecule has 0 radical (unpaired) electrons. The van der Waals surface area contributed by atoms with Crippen molar-refractivity contribution in [1.82, 2.24) is 14.7 Å². The molecular weight excluding hydrogens is 402 g/mol. The second kappa shape index (κ2) is 9.55. The standard InChI is InChI=1S/C21H25N5O3S/c1-15-8-10-17(11-9-15)25-20-14-16(2)24-21(26-20)22-12-13-23-30(27,28)19-7-5-4-6-18(19)29-3/h4-11,14,23H,12-13H2,1-3H3,(H2,22,24,25,26). The topological polar surface area (TPSA) is 105 Å². The molecule has 0 aliphatic carbocycles. The molecule has 3 aromatic rings.